The molecule has 1 heterocycles. The van der Waals surface area contributed by atoms with Gasteiger partial charge in [0.2, 0.25) is 5.91 Å². The number of benzene rings is 1. The van der Waals surface area contributed by atoms with Crippen molar-refractivity contribution in [2.24, 2.45) is 7.05 Å². The summed E-state index contributed by atoms with van der Waals surface area (Å²) in [6.45, 7) is 5.30. The number of pyridine rings is 1. The van der Waals surface area contributed by atoms with Gasteiger partial charge in [-0.25, -0.2) is 0 Å². The fourth-order valence-electron chi connectivity index (χ4n) is 2.33. The van der Waals surface area contributed by atoms with Crippen molar-refractivity contribution < 1.29 is 4.79 Å². The van der Waals surface area contributed by atoms with Crippen molar-refractivity contribution in [2.75, 3.05) is 18.8 Å². The Balaban J connectivity index is 2.35. The second kappa shape index (κ2) is 7.20. The van der Waals surface area contributed by atoms with Crippen molar-refractivity contribution in [3.8, 4) is 0 Å². The van der Waals surface area contributed by atoms with E-state index in [-0.39, 0.29) is 11.5 Å². The van der Waals surface area contributed by atoms with Crippen LogP contribution in [-0.2, 0) is 11.8 Å². The monoisotopic (exact) mass is 338 g/mol. The molecule has 22 heavy (non-hydrogen) atoms. The van der Waals surface area contributed by atoms with E-state index in [4.69, 9.17) is 11.6 Å². The first kappa shape index (κ1) is 16.9. The third-order valence-corrected chi connectivity index (χ3v) is 4.91. The number of rotatable bonds is 5. The highest BCUT2D eigenvalue weighted by atomic mass is 35.5. The van der Waals surface area contributed by atoms with Crippen LogP contribution in [0.5, 0.6) is 0 Å². The van der Waals surface area contributed by atoms with E-state index < -0.39 is 0 Å². The van der Waals surface area contributed by atoms with Crippen molar-refractivity contribution in [3.63, 3.8) is 0 Å². The summed E-state index contributed by atoms with van der Waals surface area (Å²) in [5, 5.41) is 1.51. The van der Waals surface area contributed by atoms with Gasteiger partial charge in [0.15, 0.2) is 0 Å². The summed E-state index contributed by atoms with van der Waals surface area (Å²) < 4.78 is 1.59. The number of aryl methyl sites for hydroxylation is 1. The summed E-state index contributed by atoms with van der Waals surface area (Å²) >= 11 is 7.45. The standard InChI is InChI=1S/C16H19ClN2O2S/c1-4-19(5-2)16(21)10-22-14-9-15(20)18(3)13-7-6-11(17)8-12(13)14/h6-9H,4-5,10H2,1-3H3. The quantitative estimate of drug-likeness (QED) is 0.786. The van der Waals surface area contributed by atoms with Crippen LogP contribution >= 0.6 is 23.4 Å². The molecule has 6 heteroatoms. The summed E-state index contributed by atoms with van der Waals surface area (Å²) in [5.74, 6) is 0.391. The van der Waals surface area contributed by atoms with Gasteiger partial charge in [-0.1, -0.05) is 11.6 Å². The lowest BCUT2D eigenvalue weighted by molar-refractivity contribution is -0.127. The summed E-state index contributed by atoms with van der Waals surface area (Å²) in [7, 11) is 1.73. The topological polar surface area (TPSA) is 42.3 Å². The molecular formula is C16H19ClN2O2S. The van der Waals surface area contributed by atoms with Gasteiger partial charge < -0.3 is 9.47 Å². The molecule has 1 aromatic carbocycles. The second-order valence-corrected chi connectivity index (χ2v) is 6.38. The molecule has 0 N–H and O–H groups in total. The predicted octanol–water partition coefficient (Wildman–Crippen LogP) is 3.15. The summed E-state index contributed by atoms with van der Waals surface area (Å²) in [6, 6.07) is 6.99. The van der Waals surface area contributed by atoms with E-state index in [9.17, 15) is 9.59 Å². The minimum absolute atomic E-state index is 0.0749. The molecule has 4 nitrogen and oxygen atoms in total. The predicted molar refractivity (Wildman–Crippen MR) is 92.9 cm³/mol. The van der Waals surface area contributed by atoms with Crippen LogP contribution in [-0.4, -0.2) is 34.2 Å². The summed E-state index contributed by atoms with van der Waals surface area (Å²) in [4.78, 5) is 26.8. The Hall–Kier alpha value is -1.46. The van der Waals surface area contributed by atoms with Crippen LogP contribution < -0.4 is 5.56 Å². The fourth-order valence-corrected chi connectivity index (χ4v) is 3.47. The molecule has 1 amide bonds. The van der Waals surface area contributed by atoms with Crippen LogP contribution in [0.2, 0.25) is 5.02 Å². The van der Waals surface area contributed by atoms with Crippen molar-refractivity contribution in [1.82, 2.24) is 9.47 Å². The molecule has 0 saturated carbocycles. The number of nitrogens with zero attached hydrogens (tertiary/aromatic N) is 2. The molecule has 0 spiro atoms. The first-order valence-electron chi connectivity index (χ1n) is 7.17. The van der Waals surface area contributed by atoms with Gasteiger partial charge in [0.05, 0.1) is 11.3 Å². The molecule has 0 unspecified atom stereocenters. The van der Waals surface area contributed by atoms with Gasteiger partial charge in [0.25, 0.3) is 5.56 Å². The smallest absolute Gasteiger partial charge is 0.251 e. The maximum Gasteiger partial charge on any atom is 0.251 e. The molecule has 0 radical (unpaired) electrons. The van der Waals surface area contributed by atoms with Gasteiger partial charge in [-0.3, -0.25) is 9.59 Å². The van der Waals surface area contributed by atoms with Gasteiger partial charge in [-0.2, -0.15) is 0 Å². The molecule has 118 valence electrons. The lowest BCUT2D eigenvalue weighted by Crippen LogP contribution is -2.31. The second-order valence-electron chi connectivity index (χ2n) is 4.92. The highest BCUT2D eigenvalue weighted by Crippen LogP contribution is 2.28. The number of hydrogen-bond acceptors (Lipinski definition) is 3. The number of fused-ring (bicyclic) bond motifs is 1. The Morgan fingerprint density at radius 2 is 1.95 bits per heavy atom. The van der Waals surface area contributed by atoms with Crippen molar-refractivity contribution in [3.05, 3.63) is 39.6 Å². The zero-order valence-electron chi connectivity index (χ0n) is 12.9. The van der Waals surface area contributed by atoms with E-state index in [1.165, 1.54) is 11.8 Å². The maximum absolute atomic E-state index is 12.1. The van der Waals surface area contributed by atoms with Crippen molar-refractivity contribution >= 4 is 40.2 Å². The molecule has 0 aliphatic heterocycles. The van der Waals surface area contributed by atoms with Crippen LogP contribution in [0.25, 0.3) is 10.9 Å². The van der Waals surface area contributed by atoms with Gasteiger partial charge >= 0.3 is 0 Å². The van der Waals surface area contributed by atoms with Gasteiger partial charge in [-0.05, 0) is 32.0 Å². The maximum atomic E-state index is 12.1. The van der Waals surface area contributed by atoms with Gasteiger partial charge in [0.1, 0.15) is 0 Å². The number of hydrogen-bond donors (Lipinski definition) is 0. The van der Waals surface area contributed by atoms with E-state index in [2.05, 4.69) is 0 Å². The number of carbonyl (C=O) groups excluding carboxylic acids is 1. The van der Waals surface area contributed by atoms with Crippen LogP contribution in [0.3, 0.4) is 0 Å². The minimum Gasteiger partial charge on any atom is -0.343 e. The van der Waals surface area contributed by atoms with E-state index in [1.807, 2.05) is 26.0 Å². The Morgan fingerprint density at radius 1 is 1.27 bits per heavy atom. The largest absolute Gasteiger partial charge is 0.343 e. The fraction of sp³-hybridized carbons (Fsp3) is 0.375. The molecule has 0 atom stereocenters. The Bertz CT molecular complexity index is 754. The number of thioether (sulfide) groups is 1. The Labute approximate surface area is 139 Å². The summed E-state index contributed by atoms with van der Waals surface area (Å²) in [5.41, 5.74) is 0.724. The molecule has 0 bridgehead atoms. The SMILES string of the molecule is CCN(CC)C(=O)CSc1cc(=O)n(C)c2ccc(Cl)cc12. The van der Waals surface area contributed by atoms with Crippen molar-refractivity contribution in [2.45, 2.75) is 18.7 Å². The van der Waals surface area contributed by atoms with E-state index >= 15 is 0 Å². The average molecular weight is 339 g/mol. The Morgan fingerprint density at radius 3 is 2.59 bits per heavy atom. The first-order valence-corrected chi connectivity index (χ1v) is 8.54. The molecule has 2 rings (SSSR count). The first-order chi connectivity index (χ1) is 10.5. The molecule has 0 aliphatic rings. The minimum atomic E-state index is -0.0902. The van der Waals surface area contributed by atoms with Crippen LogP contribution in [0, 0.1) is 0 Å². The molecule has 0 fully saturated rings. The number of halogens is 1. The third kappa shape index (κ3) is 3.47. The Kier molecular flexibility index (Phi) is 5.53. The van der Waals surface area contributed by atoms with E-state index in [1.54, 1.807) is 28.6 Å². The molecule has 0 aliphatic carbocycles. The van der Waals surface area contributed by atoms with Crippen molar-refractivity contribution in [1.29, 1.82) is 0 Å². The highest BCUT2D eigenvalue weighted by molar-refractivity contribution is 8.00. The van der Waals surface area contributed by atoms with Crippen LogP contribution in [0.15, 0.2) is 34.0 Å². The number of amides is 1. The van der Waals surface area contributed by atoms with Gasteiger partial charge in [-0.15, -0.1) is 11.8 Å². The number of carbonyl (C=O) groups is 1. The molecule has 0 saturated heterocycles. The van der Waals surface area contributed by atoms with E-state index in [0.29, 0.717) is 23.9 Å². The molecule has 2 aromatic rings. The normalized spacial score (nSPS) is 10.9. The highest BCUT2D eigenvalue weighted by Gasteiger charge is 2.13. The lowest BCUT2D eigenvalue weighted by Gasteiger charge is -2.18. The zero-order chi connectivity index (χ0) is 16.3. The lowest BCUT2D eigenvalue weighted by atomic mass is 10.2. The van der Waals surface area contributed by atoms with E-state index in [0.717, 1.165) is 15.8 Å². The number of aromatic nitrogens is 1. The van der Waals surface area contributed by atoms with Gasteiger partial charge in [0, 0.05) is 41.5 Å². The molecular weight excluding hydrogens is 320 g/mol. The van der Waals surface area contributed by atoms with Crippen LogP contribution in [0.4, 0.5) is 0 Å². The molecule has 1 aromatic heterocycles. The third-order valence-electron chi connectivity index (χ3n) is 3.64. The zero-order valence-corrected chi connectivity index (χ0v) is 14.5. The summed E-state index contributed by atoms with van der Waals surface area (Å²) in [6.07, 6.45) is 0. The average Bonchev–Trinajstić information content (AvgIpc) is 2.50. The van der Waals surface area contributed by atoms with Crippen LogP contribution in [0.1, 0.15) is 13.8 Å².